The Morgan fingerprint density at radius 2 is 1.65 bits per heavy atom. The van der Waals surface area contributed by atoms with E-state index in [1.165, 1.54) is 0 Å². The maximum absolute atomic E-state index is 13.0. The van der Waals surface area contributed by atoms with Gasteiger partial charge in [0.1, 0.15) is 11.8 Å². The van der Waals surface area contributed by atoms with Crippen molar-refractivity contribution in [2.24, 2.45) is 0 Å². The van der Waals surface area contributed by atoms with E-state index in [9.17, 15) is 38.1 Å². The molecule has 5 atom stereocenters. The monoisotopic (exact) mass is 747 g/mol. The van der Waals surface area contributed by atoms with E-state index in [4.69, 9.17) is 9.47 Å². The third-order valence-electron chi connectivity index (χ3n) is 9.84. The second kappa shape index (κ2) is 17.1. The predicted octanol–water partition coefficient (Wildman–Crippen LogP) is 5.93. The Morgan fingerprint density at radius 3 is 2.35 bits per heavy atom. The molecule has 2 saturated heterocycles. The summed E-state index contributed by atoms with van der Waals surface area (Å²) in [6.45, 7) is 0.725. The van der Waals surface area contributed by atoms with Crippen LogP contribution in [0, 0.1) is 0 Å². The van der Waals surface area contributed by atoms with Crippen molar-refractivity contribution in [3.63, 3.8) is 0 Å². The van der Waals surface area contributed by atoms with Crippen molar-refractivity contribution < 1.29 is 47.6 Å². The summed E-state index contributed by atoms with van der Waals surface area (Å²) in [4.78, 5) is 27.2. The Morgan fingerprint density at radius 1 is 0.926 bits per heavy atom. The van der Waals surface area contributed by atoms with Gasteiger partial charge in [0.05, 0.1) is 24.9 Å². The van der Waals surface area contributed by atoms with Crippen molar-refractivity contribution in [1.29, 1.82) is 0 Å². The van der Waals surface area contributed by atoms with Crippen LogP contribution in [0.15, 0.2) is 97.1 Å². The molecule has 2 heterocycles. The molecule has 13 heteroatoms. The number of alkyl halides is 3. The Labute approximate surface area is 311 Å². The number of rotatable bonds is 12. The second-order valence-corrected chi connectivity index (χ2v) is 13.9. The van der Waals surface area contributed by atoms with Crippen molar-refractivity contribution in [2.45, 2.75) is 69.2 Å². The van der Waals surface area contributed by atoms with E-state index in [1.54, 1.807) is 24.3 Å². The van der Waals surface area contributed by atoms with Crippen LogP contribution >= 0.6 is 0 Å². The van der Waals surface area contributed by atoms with Gasteiger partial charge in [-0.15, -0.1) is 0 Å². The highest BCUT2D eigenvalue weighted by Gasteiger charge is 2.47. The number of hydrogen-bond acceptors (Lipinski definition) is 8. The molecular weight excluding hydrogens is 703 g/mol. The number of hydrogen-bond donors (Lipinski definition) is 4. The van der Waals surface area contributed by atoms with Gasteiger partial charge in [0, 0.05) is 38.2 Å². The molecule has 10 nitrogen and oxygen atoms in total. The van der Waals surface area contributed by atoms with Gasteiger partial charge in [-0.3, -0.25) is 9.59 Å². The first-order valence-electron chi connectivity index (χ1n) is 17.9. The number of aromatic hydroxyl groups is 1. The van der Waals surface area contributed by atoms with Gasteiger partial charge in [-0.2, -0.15) is 13.2 Å². The lowest BCUT2D eigenvalue weighted by molar-refractivity contribution is -0.252. The summed E-state index contributed by atoms with van der Waals surface area (Å²) in [6.07, 6.45) is -6.06. The fourth-order valence-electron chi connectivity index (χ4n) is 7.03. The summed E-state index contributed by atoms with van der Waals surface area (Å²) in [6, 6.07) is 28.2. The van der Waals surface area contributed by atoms with Crippen LogP contribution in [0.3, 0.4) is 0 Å². The summed E-state index contributed by atoms with van der Waals surface area (Å²) in [5.74, 6) is -2.53. The van der Waals surface area contributed by atoms with Gasteiger partial charge in [0.2, 0.25) is 5.91 Å². The van der Waals surface area contributed by atoms with Crippen LogP contribution in [0.5, 0.6) is 5.75 Å². The number of ether oxygens (including phenoxy) is 2. The van der Waals surface area contributed by atoms with Gasteiger partial charge in [-0.1, -0.05) is 78.9 Å². The molecule has 6 rings (SSSR count). The van der Waals surface area contributed by atoms with Crippen LogP contribution in [0.1, 0.15) is 65.6 Å². The number of halogens is 3. The van der Waals surface area contributed by atoms with Crippen molar-refractivity contribution in [1.82, 2.24) is 15.1 Å². The molecule has 0 aliphatic carbocycles. The average Bonchev–Trinajstić information content (AvgIpc) is 3.66. The number of nitrogens with zero attached hydrogens (tertiary/aromatic N) is 2. The minimum atomic E-state index is -5.03. The molecule has 0 aromatic heterocycles. The first-order valence-corrected chi connectivity index (χ1v) is 17.9. The number of likely N-dealkylation sites (N-methyl/N-ethyl adjacent to an activating group) is 1. The van der Waals surface area contributed by atoms with Crippen molar-refractivity contribution in [3.05, 3.63) is 125 Å². The molecule has 2 aliphatic rings. The SMILES string of the molecule is CN(CC1CC(c2ccc(CO)cc2)OC(c2ccc(-c3cccc(CNC(=O)C4CCCN4C(=O)C(F)(F)F)c3)cc2)O1)CC(O)c1cccc(O)c1. The third-order valence-corrected chi connectivity index (χ3v) is 9.84. The Hall–Kier alpha value is -4.79. The number of aliphatic hydroxyl groups is 2. The Kier molecular flexibility index (Phi) is 12.3. The number of carbonyl (C=O) groups excluding carboxylic acids is 2. The first kappa shape index (κ1) is 38.9. The number of likely N-dealkylation sites (tertiary alicyclic amines) is 1. The molecule has 2 fully saturated rings. The van der Waals surface area contributed by atoms with Gasteiger partial charge in [-0.25, -0.2) is 0 Å². The molecule has 0 saturated carbocycles. The zero-order valence-corrected chi connectivity index (χ0v) is 29.8. The van der Waals surface area contributed by atoms with Crippen LogP contribution in [0.25, 0.3) is 11.1 Å². The molecule has 5 unspecified atom stereocenters. The largest absolute Gasteiger partial charge is 0.508 e. The van der Waals surface area contributed by atoms with Crippen LogP contribution in [0.2, 0.25) is 0 Å². The van der Waals surface area contributed by atoms with Gasteiger partial charge in [0.25, 0.3) is 0 Å². The number of carbonyl (C=O) groups is 2. The lowest BCUT2D eigenvalue weighted by Gasteiger charge is -2.38. The minimum Gasteiger partial charge on any atom is -0.508 e. The summed E-state index contributed by atoms with van der Waals surface area (Å²) < 4.78 is 52.1. The van der Waals surface area contributed by atoms with E-state index in [0.29, 0.717) is 36.4 Å². The number of phenolic OH excluding ortho intramolecular Hbond substituents is 1. The number of aliphatic hydroxyl groups excluding tert-OH is 2. The molecule has 0 spiro atoms. The van der Waals surface area contributed by atoms with E-state index in [2.05, 4.69) is 5.32 Å². The molecule has 2 amide bonds. The van der Waals surface area contributed by atoms with E-state index >= 15 is 0 Å². The van der Waals surface area contributed by atoms with Crippen LogP contribution in [-0.2, 0) is 32.2 Å². The topological polar surface area (TPSA) is 132 Å². The molecule has 286 valence electrons. The van der Waals surface area contributed by atoms with Gasteiger partial charge >= 0.3 is 12.1 Å². The van der Waals surface area contributed by atoms with Gasteiger partial charge in [-0.05, 0) is 71.5 Å². The minimum absolute atomic E-state index is 0.0664. The van der Waals surface area contributed by atoms with E-state index < -0.39 is 36.4 Å². The number of amides is 2. The fraction of sp³-hybridized carbons (Fsp3) is 0.366. The maximum atomic E-state index is 13.0. The number of benzene rings is 4. The normalized spacial score (nSPS) is 20.9. The van der Waals surface area contributed by atoms with E-state index in [0.717, 1.165) is 33.4 Å². The second-order valence-electron chi connectivity index (χ2n) is 13.9. The van der Waals surface area contributed by atoms with Gasteiger partial charge in [0.15, 0.2) is 6.29 Å². The van der Waals surface area contributed by atoms with Crippen LogP contribution in [-0.4, -0.2) is 81.9 Å². The summed E-state index contributed by atoms with van der Waals surface area (Å²) in [5, 5.41) is 32.9. The fourth-order valence-corrected chi connectivity index (χ4v) is 7.03. The summed E-state index contributed by atoms with van der Waals surface area (Å²) in [5.41, 5.74) is 5.63. The summed E-state index contributed by atoms with van der Waals surface area (Å²) >= 11 is 0. The van der Waals surface area contributed by atoms with Crippen molar-refractivity contribution in [3.8, 4) is 16.9 Å². The van der Waals surface area contributed by atoms with Crippen LogP contribution < -0.4 is 5.32 Å². The molecule has 54 heavy (non-hydrogen) atoms. The Bertz CT molecular complexity index is 1890. The smallest absolute Gasteiger partial charge is 0.471 e. The summed E-state index contributed by atoms with van der Waals surface area (Å²) in [7, 11) is 1.90. The number of phenols is 1. The highest BCUT2D eigenvalue weighted by Crippen LogP contribution is 2.39. The van der Waals surface area contributed by atoms with E-state index in [1.807, 2.05) is 84.7 Å². The molecule has 4 aromatic carbocycles. The average molecular weight is 748 g/mol. The molecule has 4 aromatic rings. The van der Waals surface area contributed by atoms with E-state index in [-0.39, 0.29) is 44.1 Å². The molecule has 2 aliphatic heterocycles. The molecule has 4 N–H and O–H groups in total. The Balaban J connectivity index is 1.12. The molecular formula is C41H44F3N3O7. The zero-order chi connectivity index (χ0) is 38.4. The molecule has 0 radical (unpaired) electrons. The lowest BCUT2D eigenvalue weighted by Crippen LogP contribution is -2.50. The highest BCUT2D eigenvalue weighted by atomic mass is 19.4. The lowest BCUT2D eigenvalue weighted by atomic mass is 9.98. The van der Waals surface area contributed by atoms with Crippen LogP contribution in [0.4, 0.5) is 13.2 Å². The number of nitrogens with one attached hydrogen (secondary N) is 1. The van der Waals surface area contributed by atoms with Crippen molar-refractivity contribution in [2.75, 3.05) is 26.7 Å². The van der Waals surface area contributed by atoms with Crippen molar-refractivity contribution >= 4 is 11.8 Å². The molecule has 0 bridgehead atoms. The van der Waals surface area contributed by atoms with Gasteiger partial charge < -0.3 is 39.9 Å². The standard InChI is InChI=1S/C41H44F3N3O7/c1-46(24-36(50)32-7-3-8-33(49)20-32)23-34-21-37(29-12-10-26(25-48)11-13-29)54-39(53-34)30-16-14-28(15-17-30)31-6-2-5-27(19-31)22-45-38(51)35-9-4-18-47(35)40(52)41(42,43)44/h2-3,5-8,10-17,19-20,34-37,39,48-50H,4,9,18,21-25H2,1H3,(H,45,51). The first-order chi connectivity index (χ1) is 25.9. The zero-order valence-electron chi connectivity index (χ0n) is 29.8. The predicted molar refractivity (Wildman–Crippen MR) is 194 cm³/mol. The quantitative estimate of drug-likeness (QED) is 0.140. The third kappa shape index (κ3) is 9.65. The maximum Gasteiger partial charge on any atom is 0.471 e. The highest BCUT2D eigenvalue weighted by molar-refractivity contribution is 5.90.